The quantitative estimate of drug-likeness (QED) is 0.893. The first-order valence-corrected chi connectivity index (χ1v) is 6.25. The fourth-order valence-electron chi connectivity index (χ4n) is 2.23. The van der Waals surface area contributed by atoms with Gasteiger partial charge in [-0.3, -0.25) is 0 Å². The molecule has 0 atom stereocenters. The molecule has 3 nitrogen and oxygen atoms in total. The van der Waals surface area contributed by atoms with E-state index in [0.717, 1.165) is 29.2 Å². The van der Waals surface area contributed by atoms with Crippen LogP contribution in [0.4, 0.5) is 0 Å². The number of nitrogens with one attached hydrogen (secondary N) is 1. The molecule has 0 aromatic heterocycles. The lowest BCUT2D eigenvalue weighted by Gasteiger charge is -2.16. The summed E-state index contributed by atoms with van der Waals surface area (Å²) in [6.45, 7) is 0.803. The van der Waals surface area contributed by atoms with Crippen molar-refractivity contribution in [3.05, 3.63) is 48.0 Å². The van der Waals surface area contributed by atoms with Gasteiger partial charge in [-0.15, -0.1) is 0 Å². The molecular weight excluding hydrogens is 238 g/mol. The summed E-state index contributed by atoms with van der Waals surface area (Å²) in [5.74, 6) is 1.64. The predicted octanol–water partition coefficient (Wildman–Crippen LogP) is 3.09. The average Bonchev–Trinajstić information content (AvgIpc) is 2.47. The first kappa shape index (κ1) is 13.4. The Morgan fingerprint density at radius 3 is 2.11 bits per heavy atom. The molecule has 0 aliphatic rings. The summed E-state index contributed by atoms with van der Waals surface area (Å²) in [5.41, 5.74) is 3.34. The van der Waals surface area contributed by atoms with Crippen LogP contribution in [0.2, 0.25) is 0 Å². The number of rotatable bonds is 5. The zero-order valence-corrected chi connectivity index (χ0v) is 11.6. The Balaban J connectivity index is 2.63. The van der Waals surface area contributed by atoms with Crippen molar-refractivity contribution in [1.82, 2.24) is 5.32 Å². The molecule has 0 bridgehead atoms. The Morgan fingerprint density at radius 1 is 0.895 bits per heavy atom. The normalized spacial score (nSPS) is 10.3. The van der Waals surface area contributed by atoms with Crippen molar-refractivity contribution in [3.8, 4) is 22.6 Å². The van der Waals surface area contributed by atoms with Gasteiger partial charge < -0.3 is 14.8 Å². The Bertz CT molecular complexity index is 530. The lowest BCUT2D eigenvalue weighted by molar-refractivity contribution is 0.397. The van der Waals surface area contributed by atoms with Gasteiger partial charge in [-0.05, 0) is 30.3 Å². The topological polar surface area (TPSA) is 30.5 Å². The lowest BCUT2D eigenvalue weighted by atomic mass is 9.98. The molecule has 2 rings (SSSR count). The van der Waals surface area contributed by atoms with E-state index < -0.39 is 0 Å². The van der Waals surface area contributed by atoms with Crippen LogP contribution in [0.5, 0.6) is 11.5 Å². The number of methoxy groups -OCH3 is 2. The Labute approximate surface area is 114 Å². The Hall–Kier alpha value is -2.00. The molecule has 0 aliphatic heterocycles. The van der Waals surface area contributed by atoms with Crippen LogP contribution in [-0.4, -0.2) is 21.3 Å². The molecule has 19 heavy (non-hydrogen) atoms. The van der Waals surface area contributed by atoms with Gasteiger partial charge in [-0.25, -0.2) is 0 Å². The third-order valence-electron chi connectivity index (χ3n) is 3.08. The average molecular weight is 257 g/mol. The first-order valence-electron chi connectivity index (χ1n) is 6.25. The molecule has 0 saturated heterocycles. The minimum atomic E-state index is 0.803. The van der Waals surface area contributed by atoms with Crippen molar-refractivity contribution in [2.24, 2.45) is 0 Å². The van der Waals surface area contributed by atoms with Crippen LogP contribution in [0.1, 0.15) is 5.56 Å². The third kappa shape index (κ3) is 2.71. The number of hydrogen-bond acceptors (Lipinski definition) is 3. The molecule has 0 aliphatic carbocycles. The highest BCUT2D eigenvalue weighted by Gasteiger charge is 2.14. The van der Waals surface area contributed by atoms with Gasteiger partial charge in [0.05, 0.1) is 19.8 Å². The van der Waals surface area contributed by atoms with E-state index in [2.05, 4.69) is 17.4 Å². The van der Waals surface area contributed by atoms with E-state index in [4.69, 9.17) is 9.47 Å². The van der Waals surface area contributed by atoms with E-state index in [1.165, 1.54) is 5.56 Å². The summed E-state index contributed by atoms with van der Waals surface area (Å²) < 4.78 is 10.9. The number of benzene rings is 2. The van der Waals surface area contributed by atoms with Gasteiger partial charge >= 0.3 is 0 Å². The molecule has 1 N–H and O–H groups in total. The fraction of sp³-hybridized carbons (Fsp3) is 0.250. The minimum Gasteiger partial charge on any atom is -0.496 e. The van der Waals surface area contributed by atoms with Gasteiger partial charge in [0.1, 0.15) is 11.5 Å². The van der Waals surface area contributed by atoms with Crippen LogP contribution in [0.25, 0.3) is 11.1 Å². The van der Waals surface area contributed by atoms with Crippen molar-refractivity contribution in [2.75, 3.05) is 21.3 Å². The molecule has 0 spiro atoms. The molecule has 0 amide bonds. The summed E-state index contributed by atoms with van der Waals surface area (Å²) in [6, 6.07) is 14.1. The lowest BCUT2D eigenvalue weighted by Crippen LogP contribution is -2.06. The standard InChI is InChI=1S/C16H19NO2/c1-17-11-12-7-4-5-8-13(12)16-14(18-2)9-6-10-15(16)19-3/h4-10,17H,11H2,1-3H3. The first-order chi connectivity index (χ1) is 9.31. The zero-order chi connectivity index (χ0) is 13.7. The molecule has 0 unspecified atom stereocenters. The summed E-state index contributed by atoms with van der Waals surface area (Å²) in [7, 11) is 5.30. The van der Waals surface area contributed by atoms with Crippen LogP contribution in [-0.2, 0) is 6.54 Å². The summed E-state index contributed by atoms with van der Waals surface area (Å²) in [5, 5.41) is 3.19. The maximum absolute atomic E-state index is 5.47. The van der Waals surface area contributed by atoms with E-state index in [9.17, 15) is 0 Å². The van der Waals surface area contributed by atoms with E-state index >= 15 is 0 Å². The molecule has 0 radical (unpaired) electrons. The zero-order valence-electron chi connectivity index (χ0n) is 11.6. The maximum atomic E-state index is 5.47. The van der Waals surface area contributed by atoms with E-state index in [1.807, 2.05) is 37.4 Å². The largest absolute Gasteiger partial charge is 0.496 e. The number of ether oxygens (including phenoxy) is 2. The van der Waals surface area contributed by atoms with Crippen molar-refractivity contribution in [3.63, 3.8) is 0 Å². The van der Waals surface area contributed by atoms with Crippen LogP contribution >= 0.6 is 0 Å². The highest BCUT2D eigenvalue weighted by Crippen LogP contribution is 2.39. The van der Waals surface area contributed by atoms with Gasteiger partial charge in [0, 0.05) is 6.54 Å². The summed E-state index contributed by atoms with van der Waals surface area (Å²) >= 11 is 0. The second-order valence-corrected chi connectivity index (χ2v) is 4.23. The summed E-state index contributed by atoms with van der Waals surface area (Å²) in [4.78, 5) is 0. The molecule has 3 heteroatoms. The van der Waals surface area contributed by atoms with E-state index in [1.54, 1.807) is 14.2 Å². The van der Waals surface area contributed by atoms with E-state index in [-0.39, 0.29) is 0 Å². The molecule has 0 heterocycles. The van der Waals surface area contributed by atoms with Crippen molar-refractivity contribution < 1.29 is 9.47 Å². The van der Waals surface area contributed by atoms with Gasteiger partial charge in [0.2, 0.25) is 0 Å². The second-order valence-electron chi connectivity index (χ2n) is 4.23. The van der Waals surface area contributed by atoms with E-state index in [0.29, 0.717) is 0 Å². The molecule has 2 aromatic carbocycles. The molecule has 2 aromatic rings. The highest BCUT2D eigenvalue weighted by atomic mass is 16.5. The minimum absolute atomic E-state index is 0.803. The van der Waals surface area contributed by atoms with Crippen molar-refractivity contribution in [1.29, 1.82) is 0 Å². The SMILES string of the molecule is CNCc1ccccc1-c1c(OC)cccc1OC. The Kier molecular flexibility index (Phi) is 4.42. The highest BCUT2D eigenvalue weighted by molar-refractivity contribution is 5.79. The number of hydrogen-bond donors (Lipinski definition) is 1. The van der Waals surface area contributed by atoms with Crippen LogP contribution < -0.4 is 14.8 Å². The predicted molar refractivity (Wildman–Crippen MR) is 77.7 cm³/mol. The van der Waals surface area contributed by atoms with Crippen LogP contribution in [0.15, 0.2) is 42.5 Å². The molecule has 0 saturated carbocycles. The maximum Gasteiger partial charge on any atom is 0.130 e. The molecule has 0 fully saturated rings. The summed E-state index contributed by atoms with van der Waals surface area (Å²) in [6.07, 6.45) is 0. The van der Waals surface area contributed by atoms with Crippen LogP contribution in [0.3, 0.4) is 0 Å². The third-order valence-corrected chi connectivity index (χ3v) is 3.08. The van der Waals surface area contributed by atoms with Gasteiger partial charge in [-0.1, -0.05) is 30.3 Å². The fourth-order valence-corrected chi connectivity index (χ4v) is 2.23. The molecule has 100 valence electrons. The van der Waals surface area contributed by atoms with Gasteiger partial charge in [-0.2, -0.15) is 0 Å². The Morgan fingerprint density at radius 2 is 1.53 bits per heavy atom. The second kappa shape index (κ2) is 6.25. The van der Waals surface area contributed by atoms with Gasteiger partial charge in [0.25, 0.3) is 0 Å². The monoisotopic (exact) mass is 257 g/mol. The van der Waals surface area contributed by atoms with Crippen molar-refractivity contribution >= 4 is 0 Å². The van der Waals surface area contributed by atoms with Crippen molar-refractivity contribution in [2.45, 2.75) is 6.54 Å². The molecular formula is C16H19NO2. The van der Waals surface area contributed by atoms with Crippen LogP contribution in [0, 0.1) is 0 Å². The smallest absolute Gasteiger partial charge is 0.130 e. The van der Waals surface area contributed by atoms with Gasteiger partial charge in [0.15, 0.2) is 0 Å².